The molecule has 0 aromatic heterocycles. The molecule has 0 aliphatic rings. The Morgan fingerprint density at radius 3 is 2.80 bits per heavy atom. The van der Waals surface area contributed by atoms with Crippen LogP contribution in [-0.4, -0.2) is 29.6 Å². The summed E-state index contributed by atoms with van der Waals surface area (Å²) in [5.74, 6) is 0.957. The van der Waals surface area contributed by atoms with E-state index >= 15 is 0 Å². The molecule has 2 N–H and O–H groups in total. The molecule has 0 bridgehead atoms. The van der Waals surface area contributed by atoms with E-state index in [1.165, 1.54) is 0 Å². The van der Waals surface area contributed by atoms with E-state index in [9.17, 15) is 9.90 Å². The van der Waals surface area contributed by atoms with Crippen LogP contribution in [0, 0.1) is 0 Å². The fourth-order valence-electron chi connectivity index (χ4n) is 2.11. The standard InChI is InChI=1S/C16H19NO2S/c1-20-11-5-4-10-17-16(19)14-9-8-12-6-2-3-7-13(12)15(14)18/h2-3,6-9,18H,4-5,10-11H2,1H3,(H,17,19). The molecule has 0 radical (unpaired) electrons. The minimum Gasteiger partial charge on any atom is -0.506 e. The summed E-state index contributed by atoms with van der Waals surface area (Å²) in [6.07, 6.45) is 4.12. The van der Waals surface area contributed by atoms with Crippen molar-refractivity contribution in [3.63, 3.8) is 0 Å². The maximum Gasteiger partial charge on any atom is 0.255 e. The summed E-state index contributed by atoms with van der Waals surface area (Å²) < 4.78 is 0. The largest absolute Gasteiger partial charge is 0.506 e. The van der Waals surface area contributed by atoms with Crippen molar-refractivity contribution in [2.45, 2.75) is 12.8 Å². The lowest BCUT2D eigenvalue weighted by atomic mass is 10.0. The number of carbonyl (C=O) groups excluding carboxylic acids is 1. The fraction of sp³-hybridized carbons (Fsp3) is 0.312. The topological polar surface area (TPSA) is 49.3 Å². The highest BCUT2D eigenvalue weighted by molar-refractivity contribution is 7.98. The van der Waals surface area contributed by atoms with E-state index < -0.39 is 0 Å². The van der Waals surface area contributed by atoms with Gasteiger partial charge in [0.2, 0.25) is 0 Å². The van der Waals surface area contributed by atoms with Gasteiger partial charge in [0.05, 0.1) is 5.56 Å². The third kappa shape index (κ3) is 3.45. The number of thioether (sulfide) groups is 1. The summed E-state index contributed by atoms with van der Waals surface area (Å²) >= 11 is 1.81. The number of fused-ring (bicyclic) bond motifs is 1. The number of benzene rings is 2. The monoisotopic (exact) mass is 289 g/mol. The van der Waals surface area contributed by atoms with Crippen molar-refractivity contribution in [2.24, 2.45) is 0 Å². The van der Waals surface area contributed by atoms with E-state index in [2.05, 4.69) is 11.6 Å². The first-order valence-electron chi connectivity index (χ1n) is 6.72. The quantitative estimate of drug-likeness (QED) is 0.801. The van der Waals surface area contributed by atoms with Crippen molar-refractivity contribution in [1.82, 2.24) is 5.32 Å². The second-order valence-electron chi connectivity index (χ2n) is 4.64. The van der Waals surface area contributed by atoms with Crippen LogP contribution in [0.5, 0.6) is 5.75 Å². The Bertz CT molecular complexity index is 598. The molecule has 2 rings (SSSR count). The maximum atomic E-state index is 12.1. The third-order valence-corrected chi connectivity index (χ3v) is 3.90. The van der Waals surface area contributed by atoms with Crippen molar-refractivity contribution in [1.29, 1.82) is 0 Å². The van der Waals surface area contributed by atoms with Crippen LogP contribution >= 0.6 is 11.8 Å². The molecule has 0 aliphatic heterocycles. The van der Waals surface area contributed by atoms with Crippen molar-refractivity contribution in [3.05, 3.63) is 42.0 Å². The van der Waals surface area contributed by atoms with Gasteiger partial charge in [-0.25, -0.2) is 0 Å². The van der Waals surface area contributed by atoms with Crippen LogP contribution in [0.1, 0.15) is 23.2 Å². The molecule has 0 unspecified atom stereocenters. The molecule has 0 aliphatic carbocycles. The summed E-state index contributed by atoms with van der Waals surface area (Å²) in [6, 6.07) is 11.0. The highest BCUT2D eigenvalue weighted by Gasteiger charge is 2.12. The molecule has 0 atom stereocenters. The van der Waals surface area contributed by atoms with Gasteiger partial charge in [0.1, 0.15) is 5.75 Å². The highest BCUT2D eigenvalue weighted by atomic mass is 32.2. The number of phenolic OH excluding ortho intramolecular Hbond substituents is 1. The van der Waals surface area contributed by atoms with Gasteiger partial charge in [-0.05, 0) is 36.3 Å². The van der Waals surface area contributed by atoms with Crippen LogP contribution in [-0.2, 0) is 0 Å². The average molecular weight is 289 g/mol. The van der Waals surface area contributed by atoms with Gasteiger partial charge in [0.15, 0.2) is 0 Å². The molecule has 3 nitrogen and oxygen atoms in total. The normalized spacial score (nSPS) is 10.7. The van der Waals surface area contributed by atoms with Gasteiger partial charge in [0, 0.05) is 11.9 Å². The van der Waals surface area contributed by atoms with E-state index in [1.807, 2.05) is 42.1 Å². The molecule has 2 aromatic carbocycles. The van der Waals surface area contributed by atoms with Crippen LogP contribution in [0.25, 0.3) is 10.8 Å². The van der Waals surface area contributed by atoms with Crippen LogP contribution < -0.4 is 5.32 Å². The molecular formula is C16H19NO2S. The van der Waals surface area contributed by atoms with Crippen LogP contribution in [0.4, 0.5) is 0 Å². The third-order valence-electron chi connectivity index (χ3n) is 3.21. The molecule has 4 heteroatoms. The molecule has 2 aromatic rings. The molecule has 0 spiro atoms. The van der Waals surface area contributed by atoms with Crippen molar-refractivity contribution >= 4 is 28.4 Å². The lowest BCUT2D eigenvalue weighted by Gasteiger charge is -2.09. The molecule has 0 saturated carbocycles. The van der Waals surface area contributed by atoms with Gasteiger partial charge < -0.3 is 10.4 Å². The first-order valence-corrected chi connectivity index (χ1v) is 8.11. The molecule has 106 valence electrons. The number of amides is 1. The van der Waals surface area contributed by atoms with Crippen molar-refractivity contribution < 1.29 is 9.90 Å². The Morgan fingerprint density at radius 2 is 2.00 bits per heavy atom. The summed E-state index contributed by atoms with van der Waals surface area (Å²) in [5.41, 5.74) is 0.341. The smallest absolute Gasteiger partial charge is 0.255 e. The predicted octanol–water partition coefficient (Wildman–Crippen LogP) is 3.42. The zero-order valence-corrected chi connectivity index (χ0v) is 12.4. The maximum absolute atomic E-state index is 12.1. The van der Waals surface area contributed by atoms with Crippen LogP contribution in [0.2, 0.25) is 0 Å². The van der Waals surface area contributed by atoms with Gasteiger partial charge in [-0.2, -0.15) is 11.8 Å². The Morgan fingerprint density at radius 1 is 1.20 bits per heavy atom. The predicted molar refractivity (Wildman–Crippen MR) is 85.6 cm³/mol. The second kappa shape index (κ2) is 7.20. The average Bonchev–Trinajstić information content (AvgIpc) is 2.47. The Balaban J connectivity index is 2.05. The molecule has 0 fully saturated rings. The minimum atomic E-state index is -0.211. The van der Waals surface area contributed by atoms with Gasteiger partial charge >= 0.3 is 0 Å². The van der Waals surface area contributed by atoms with Gasteiger partial charge in [0.25, 0.3) is 5.91 Å². The SMILES string of the molecule is CSCCCCNC(=O)c1ccc2ccccc2c1O. The number of rotatable bonds is 6. The lowest BCUT2D eigenvalue weighted by Crippen LogP contribution is -2.24. The Kier molecular flexibility index (Phi) is 5.30. The molecule has 0 saturated heterocycles. The summed E-state index contributed by atoms with van der Waals surface area (Å²) in [7, 11) is 0. The number of unbranched alkanes of at least 4 members (excludes halogenated alkanes) is 1. The number of phenols is 1. The van der Waals surface area contributed by atoms with E-state index in [-0.39, 0.29) is 11.7 Å². The molecular weight excluding hydrogens is 270 g/mol. The number of aromatic hydroxyl groups is 1. The van der Waals surface area contributed by atoms with E-state index in [4.69, 9.17) is 0 Å². The fourth-order valence-corrected chi connectivity index (χ4v) is 2.60. The van der Waals surface area contributed by atoms with Gasteiger partial charge in [-0.3, -0.25) is 4.79 Å². The minimum absolute atomic E-state index is 0.0599. The number of carbonyl (C=O) groups is 1. The summed E-state index contributed by atoms with van der Waals surface area (Å²) in [6.45, 7) is 0.645. The first kappa shape index (κ1) is 14.7. The molecule has 1 amide bonds. The first-order chi connectivity index (χ1) is 9.74. The number of hydrogen-bond acceptors (Lipinski definition) is 3. The highest BCUT2D eigenvalue weighted by Crippen LogP contribution is 2.28. The Labute approximate surface area is 123 Å². The van der Waals surface area contributed by atoms with E-state index in [0.717, 1.165) is 24.0 Å². The van der Waals surface area contributed by atoms with Crippen molar-refractivity contribution in [2.75, 3.05) is 18.6 Å². The van der Waals surface area contributed by atoms with E-state index in [0.29, 0.717) is 17.5 Å². The molecule has 20 heavy (non-hydrogen) atoms. The van der Waals surface area contributed by atoms with Gasteiger partial charge in [-0.15, -0.1) is 0 Å². The number of nitrogens with one attached hydrogen (secondary N) is 1. The van der Waals surface area contributed by atoms with E-state index in [1.54, 1.807) is 6.07 Å². The number of hydrogen-bond donors (Lipinski definition) is 2. The zero-order valence-electron chi connectivity index (χ0n) is 11.6. The van der Waals surface area contributed by atoms with Gasteiger partial charge in [-0.1, -0.05) is 30.3 Å². The van der Waals surface area contributed by atoms with Crippen LogP contribution in [0.15, 0.2) is 36.4 Å². The lowest BCUT2D eigenvalue weighted by molar-refractivity contribution is 0.0951. The van der Waals surface area contributed by atoms with Crippen molar-refractivity contribution in [3.8, 4) is 5.75 Å². The summed E-state index contributed by atoms with van der Waals surface area (Å²) in [4.78, 5) is 12.1. The molecule has 0 heterocycles. The zero-order chi connectivity index (χ0) is 14.4. The summed E-state index contributed by atoms with van der Waals surface area (Å²) in [5, 5.41) is 14.7. The Hall–Kier alpha value is -1.68. The second-order valence-corrected chi connectivity index (χ2v) is 5.62. The van der Waals surface area contributed by atoms with Crippen LogP contribution in [0.3, 0.4) is 0 Å².